The smallest absolute Gasteiger partial charge is 0.323 e. The average molecular weight is 422 g/mol. The number of hydrogen-bond acceptors (Lipinski definition) is 9. The summed E-state index contributed by atoms with van der Waals surface area (Å²) in [5, 5.41) is 41.9. The number of ether oxygens (including phenoxy) is 2. The highest BCUT2D eigenvalue weighted by Gasteiger charge is 2.62. The normalized spacial score (nSPS) is 37.1. The molecule has 4 rings (SSSR count). The zero-order valence-corrected chi connectivity index (χ0v) is 17.1. The Hall–Kier alpha value is -1.75. The average Bonchev–Trinajstić information content (AvgIpc) is 3.05. The summed E-state index contributed by atoms with van der Waals surface area (Å²) in [6.45, 7) is 3.41. The molecule has 3 fully saturated rings. The van der Waals surface area contributed by atoms with Gasteiger partial charge in [-0.15, -0.1) is 0 Å². The Morgan fingerprint density at radius 3 is 2.50 bits per heavy atom. The fourth-order valence-corrected chi connectivity index (χ4v) is 5.02. The molecule has 0 spiro atoms. The van der Waals surface area contributed by atoms with Crippen LogP contribution in [-0.4, -0.2) is 101 Å². The van der Waals surface area contributed by atoms with Crippen LogP contribution >= 0.6 is 0 Å². The number of esters is 1. The molecule has 9 nitrogen and oxygen atoms in total. The second-order valence-corrected chi connectivity index (χ2v) is 8.43. The molecule has 1 aromatic carbocycles. The lowest BCUT2D eigenvalue weighted by atomic mass is 9.75. The summed E-state index contributed by atoms with van der Waals surface area (Å²) in [4.78, 5) is 16.4. The van der Waals surface area contributed by atoms with Gasteiger partial charge in [-0.05, 0) is 24.1 Å². The molecule has 1 saturated carbocycles. The number of nitrogens with zero attached hydrogens (tertiary/aromatic N) is 2. The minimum Gasteiger partial charge on any atom is -0.468 e. The molecule has 0 bridgehead atoms. The predicted octanol–water partition coefficient (Wildman–Crippen LogP) is -1.14. The minimum absolute atomic E-state index is 0.0497. The van der Waals surface area contributed by atoms with Gasteiger partial charge in [0.1, 0.15) is 23.9 Å². The number of anilines is 1. The highest BCUT2D eigenvalue weighted by Crippen LogP contribution is 2.44. The maximum Gasteiger partial charge on any atom is 0.323 e. The molecule has 1 aliphatic carbocycles. The van der Waals surface area contributed by atoms with Crippen LogP contribution in [0.3, 0.4) is 0 Å². The van der Waals surface area contributed by atoms with Crippen molar-refractivity contribution < 1.29 is 34.7 Å². The molecule has 2 heterocycles. The summed E-state index contributed by atoms with van der Waals surface area (Å²) >= 11 is 0. The van der Waals surface area contributed by atoms with Gasteiger partial charge in [-0.25, -0.2) is 0 Å². The Balaban J connectivity index is 1.56. The van der Waals surface area contributed by atoms with Crippen molar-refractivity contribution in [2.45, 2.75) is 55.4 Å². The van der Waals surface area contributed by atoms with Crippen molar-refractivity contribution in [1.29, 1.82) is 0 Å². The second-order valence-electron chi connectivity index (χ2n) is 8.43. The number of rotatable bonds is 4. The van der Waals surface area contributed by atoms with Crippen molar-refractivity contribution in [3.05, 3.63) is 29.8 Å². The zero-order chi connectivity index (χ0) is 21.5. The molecule has 166 valence electrons. The number of methoxy groups -OCH3 is 1. The van der Waals surface area contributed by atoms with Crippen molar-refractivity contribution >= 4 is 11.7 Å². The Labute approximate surface area is 175 Å². The molecule has 0 aromatic heterocycles. The largest absolute Gasteiger partial charge is 0.468 e. The number of hydrogen-bond donors (Lipinski definition) is 4. The number of morpholine rings is 1. The zero-order valence-electron chi connectivity index (χ0n) is 17.1. The first-order valence-corrected chi connectivity index (χ1v) is 10.4. The molecule has 6 atom stereocenters. The van der Waals surface area contributed by atoms with Crippen LogP contribution in [0.1, 0.15) is 18.4 Å². The number of carbonyl (C=O) groups is 1. The fraction of sp³-hybridized carbons (Fsp3) is 0.667. The van der Waals surface area contributed by atoms with E-state index in [1.165, 1.54) is 7.11 Å². The number of fused-ring (bicyclic) bond motifs is 1. The Morgan fingerprint density at radius 2 is 1.87 bits per heavy atom. The molecule has 0 unspecified atom stereocenters. The van der Waals surface area contributed by atoms with Gasteiger partial charge in [-0.3, -0.25) is 9.69 Å². The molecule has 4 N–H and O–H groups in total. The van der Waals surface area contributed by atoms with E-state index in [9.17, 15) is 25.2 Å². The molecular formula is C21H30N2O7. The van der Waals surface area contributed by atoms with Gasteiger partial charge in [0.15, 0.2) is 0 Å². The van der Waals surface area contributed by atoms with Gasteiger partial charge in [-0.2, -0.15) is 0 Å². The number of likely N-dealkylation sites (tertiary alicyclic amines) is 1. The molecule has 2 aliphatic heterocycles. The number of aliphatic hydroxyl groups is 4. The van der Waals surface area contributed by atoms with E-state index < -0.39 is 42.0 Å². The molecule has 0 radical (unpaired) electrons. The number of aliphatic hydroxyl groups excluding tert-OH is 3. The lowest BCUT2D eigenvalue weighted by Crippen LogP contribution is -2.64. The Kier molecular flexibility index (Phi) is 6.02. The maximum atomic E-state index is 12.4. The van der Waals surface area contributed by atoms with Gasteiger partial charge in [-0.1, -0.05) is 12.1 Å². The van der Waals surface area contributed by atoms with Crippen LogP contribution in [0.15, 0.2) is 24.3 Å². The monoisotopic (exact) mass is 422 g/mol. The van der Waals surface area contributed by atoms with E-state index in [0.29, 0.717) is 19.8 Å². The van der Waals surface area contributed by atoms with Crippen LogP contribution < -0.4 is 4.90 Å². The van der Waals surface area contributed by atoms with E-state index in [1.54, 1.807) is 4.90 Å². The first-order valence-electron chi connectivity index (χ1n) is 10.4. The van der Waals surface area contributed by atoms with Gasteiger partial charge < -0.3 is 34.8 Å². The predicted molar refractivity (Wildman–Crippen MR) is 107 cm³/mol. The molecule has 30 heavy (non-hydrogen) atoms. The van der Waals surface area contributed by atoms with Crippen molar-refractivity contribution in [3.63, 3.8) is 0 Å². The van der Waals surface area contributed by atoms with Crippen LogP contribution in [0.25, 0.3) is 0 Å². The maximum absolute atomic E-state index is 12.4. The molecule has 2 saturated heterocycles. The van der Waals surface area contributed by atoms with Crippen LogP contribution in [0.2, 0.25) is 0 Å². The lowest BCUT2D eigenvalue weighted by Gasteiger charge is -2.45. The summed E-state index contributed by atoms with van der Waals surface area (Å²) in [6.07, 6.45) is -4.22. The van der Waals surface area contributed by atoms with E-state index in [-0.39, 0.29) is 12.8 Å². The van der Waals surface area contributed by atoms with E-state index in [0.717, 1.165) is 24.3 Å². The second kappa shape index (κ2) is 8.41. The van der Waals surface area contributed by atoms with Crippen LogP contribution in [0, 0.1) is 0 Å². The standard InChI is InChI=1S/C21H30N2O7/c1-29-20(27)15-11-21(28)17(10-16(24)18(25)19(21)26)23(15)12-13-2-4-14(5-3-13)22-6-8-30-9-7-22/h2-5,15-19,24-26,28H,6-12H2,1H3/t15-,16+,17+,18-,19-,21-/m0/s1. The lowest BCUT2D eigenvalue weighted by molar-refractivity contribution is -0.197. The summed E-state index contributed by atoms with van der Waals surface area (Å²) in [5.41, 5.74) is 0.321. The topological polar surface area (TPSA) is 123 Å². The van der Waals surface area contributed by atoms with E-state index in [2.05, 4.69) is 4.90 Å². The highest BCUT2D eigenvalue weighted by molar-refractivity contribution is 5.76. The van der Waals surface area contributed by atoms with Crippen LogP contribution in [-0.2, 0) is 20.8 Å². The van der Waals surface area contributed by atoms with Gasteiger partial charge in [0.05, 0.1) is 26.4 Å². The summed E-state index contributed by atoms with van der Waals surface area (Å²) < 4.78 is 10.3. The van der Waals surface area contributed by atoms with Crippen molar-refractivity contribution in [2.75, 3.05) is 38.3 Å². The number of carbonyl (C=O) groups excluding carboxylic acids is 1. The minimum atomic E-state index is -1.70. The van der Waals surface area contributed by atoms with E-state index in [4.69, 9.17) is 9.47 Å². The molecule has 9 heteroatoms. The third-order valence-electron chi connectivity index (χ3n) is 6.74. The van der Waals surface area contributed by atoms with Crippen LogP contribution in [0.4, 0.5) is 5.69 Å². The van der Waals surface area contributed by atoms with E-state index in [1.807, 2.05) is 24.3 Å². The molecule has 0 amide bonds. The Morgan fingerprint density at radius 1 is 1.20 bits per heavy atom. The van der Waals surface area contributed by atoms with E-state index >= 15 is 0 Å². The van der Waals surface area contributed by atoms with Gasteiger partial charge in [0.2, 0.25) is 0 Å². The quantitative estimate of drug-likeness (QED) is 0.446. The highest BCUT2D eigenvalue weighted by atomic mass is 16.5. The first-order chi connectivity index (χ1) is 14.3. The van der Waals surface area contributed by atoms with Gasteiger partial charge in [0.25, 0.3) is 0 Å². The fourth-order valence-electron chi connectivity index (χ4n) is 5.02. The third-order valence-corrected chi connectivity index (χ3v) is 6.74. The molecule has 3 aliphatic rings. The third kappa shape index (κ3) is 3.70. The summed E-state index contributed by atoms with van der Waals surface area (Å²) in [5.74, 6) is -0.515. The first kappa shape index (κ1) is 21.5. The van der Waals surface area contributed by atoms with Crippen molar-refractivity contribution in [1.82, 2.24) is 4.90 Å². The summed E-state index contributed by atoms with van der Waals surface area (Å²) in [6, 6.07) is 6.52. The van der Waals surface area contributed by atoms with Crippen LogP contribution in [0.5, 0.6) is 0 Å². The summed E-state index contributed by atoms with van der Waals surface area (Å²) in [7, 11) is 1.28. The van der Waals surface area contributed by atoms with Crippen molar-refractivity contribution in [2.24, 2.45) is 0 Å². The molecular weight excluding hydrogens is 392 g/mol. The Bertz CT molecular complexity index is 754. The SMILES string of the molecule is COC(=O)[C@@H]1C[C@@]2(O)[C@@H](O)[C@@H](O)[C@H](O)C[C@H]2N1Cc1ccc(N2CCOCC2)cc1. The van der Waals surface area contributed by atoms with Gasteiger partial charge >= 0.3 is 5.97 Å². The molecule has 1 aromatic rings. The number of benzene rings is 1. The van der Waals surface area contributed by atoms with Crippen molar-refractivity contribution in [3.8, 4) is 0 Å². The van der Waals surface area contributed by atoms with Gasteiger partial charge in [0, 0.05) is 37.8 Å².